The number of carbonyl (C=O) groups is 1. The monoisotopic (exact) mass is 337 g/mol. The first-order valence-electron chi connectivity index (χ1n) is 7.25. The molecule has 2 aromatic rings. The Morgan fingerprint density at radius 2 is 2.30 bits per heavy atom. The molecule has 0 radical (unpaired) electrons. The van der Waals surface area contributed by atoms with Crippen molar-refractivity contribution in [2.75, 3.05) is 13.2 Å². The van der Waals surface area contributed by atoms with Crippen LogP contribution in [0.2, 0.25) is 5.02 Å². The average Bonchev–Trinajstić information content (AvgIpc) is 2.84. The van der Waals surface area contributed by atoms with E-state index in [1.807, 2.05) is 27.1 Å². The Bertz CT molecular complexity index is 674. The van der Waals surface area contributed by atoms with E-state index in [9.17, 15) is 4.79 Å². The van der Waals surface area contributed by atoms with Crippen molar-refractivity contribution in [1.82, 2.24) is 25.4 Å². The van der Waals surface area contributed by atoms with Crippen molar-refractivity contribution in [3.63, 3.8) is 0 Å². The zero-order valence-electron chi connectivity index (χ0n) is 13.3. The summed E-state index contributed by atoms with van der Waals surface area (Å²) in [5.74, 6) is 0.357. The molecule has 0 aliphatic rings. The number of hydrogen-bond acceptors (Lipinski definition) is 4. The second-order valence-corrected chi connectivity index (χ2v) is 5.51. The van der Waals surface area contributed by atoms with Crippen molar-refractivity contribution in [2.45, 2.75) is 19.9 Å². The van der Waals surface area contributed by atoms with Gasteiger partial charge in [-0.25, -0.2) is 9.78 Å². The molecule has 2 N–H and O–H groups in total. The molecule has 7 nitrogen and oxygen atoms in total. The molecule has 1 unspecified atom stereocenters. The number of halogens is 1. The molecular formula is C15H20ClN5O2. The Kier molecular flexibility index (Phi) is 5.81. The predicted octanol–water partition coefficient (Wildman–Crippen LogP) is 2.22. The van der Waals surface area contributed by atoms with E-state index in [0.29, 0.717) is 17.4 Å². The fraction of sp³-hybridized carbons (Fsp3) is 0.400. The lowest BCUT2D eigenvalue weighted by Crippen LogP contribution is -2.39. The Balaban J connectivity index is 1.73. The number of rotatable bonds is 6. The van der Waals surface area contributed by atoms with Crippen molar-refractivity contribution < 1.29 is 9.53 Å². The summed E-state index contributed by atoms with van der Waals surface area (Å²) in [6.07, 6.45) is 3.49. The lowest BCUT2D eigenvalue weighted by Gasteiger charge is -2.14. The van der Waals surface area contributed by atoms with Crippen LogP contribution in [0.5, 0.6) is 5.88 Å². The Morgan fingerprint density at radius 1 is 1.52 bits per heavy atom. The minimum absolute atomic E-state index is 0.130. The number of ether oxygens (including phenoxy) is 1. The molecule has 23 heavy (non-hydrogen) atoms. The SMILES string of the molecule is Cc1nn(C)cc1C(C)NC(=O)NCCOc1ncccc1Cl. The van der Waals surface area contributed by atoms with Gasteiger partial charge in [0.05, 0.1) is 18.3 Å². The van der Waals surface area contributed by atoms with Gasteiger partial charge < -0.3 is 15.4 Å². The third-order valence-electron chi connectivity index (χ3n) is 3.22. The van der Waals surface area contributed by atoms with Crippen LogP contribution in [-0.4, -0.2) is 33.9 Å². The number of nitrogens with zero attached hydrogens (tertiary/aromatic N) is 3. The standard InChI is InChI=1S/C15H20ClN5O2/c1-10(12-9-21(3)20-11(12)2)19-15(22)18-7-8-23-14-13(16)5-4-6-17-14/h4-6,9-10H,7-8H2,1-3H3,(H2,18,19,22). The third kappa shape index (κ3) is 4.85. The number of aromatic nitrogens is 3. The van der Waals surface area contributed by atoms with Gasteiger partial charge in [0.25, 0.3) is 0 Å². The van der Waals surface area contributed by atoms with Crippen LogP contribution in [0.25, 0.3) is 0 Å². The van der Waals surface area contributed by atoms with Crippen LogP contribution < -0.4 is 15.4 Å². The molecule has 0 saturated heterocycles. The number of carbonyl (C=O) groups excluding carboxylic acids is 1. The van der Waals surface area contributed by atoms with Gasteiger partial charge in [0.2, 0.25) is 5.88 Å². The molecule has 2 aromatic heterocycles. The van der Waals surface area contributed by atoms with Crippen molar-refractivity contribution in [3.05, 3.63) is 40.8 Å². The molecule has 0 aliphatic heterocycles. The summed E-state index contributed by atoms with van der Waals surface area (Å²) in [4.78, 5) is 15.9. The third-order valence-corrected chi connectivity index (χ3v) is 3.50. The predicted molar refractivity (Wildman–Crippen MR) is 87.6 cm³/mol. The molecule has 0 bridgehead atoms. The van der Waals surface area contributed by atoms with Crippen LogP contribution in [-0.2, 0) is 7.05 Å². The maximum Gasteiger partial charge on any atom is 0.315 e. The van der Waals surface area contributed by atoms with Gasteiger partial charge in [-0.05, 0) is 26.0 Å². The Hall–Kier alpha value is -2.28. The smallest absolute Gasteiger partial charge is 0.315 e. The topological polar surface area (TPSA) is 81.1 Å². The van der Waals surface area contributed by atoms with Crippen molar-refractivity contribution in [2.24, 2.45) is 7.05 Å². The minimum Gasteiger partial charge on any atom is -0.475 e. The van der Waals surface area contributed by atoms with Crippen LogP contribution in [0.4, 0.5) is 4.79 Å². The summed E-state index contributed by atoms with van der Waals surface area (Å²) in [6.45, 7) is 4.45. The molecule has 1 atom stereocenters. The number of urea groups is 1. The van der Waals surface area contributed by atoms with E-state index >= 15 is 0 Å². The van der Waals surface area contributed by atoms with E-state index in [1.165, 1.54) is 0 Å². The van der Waals surface area contributed by atoms with Crippen LogP contribution in [0.15, 0.2) is 24.5 Å². The number of hydrogen-bond donors (Lipinski definition) is 2. The molecule has 0 fully saturated rings. The highest BCUT2D eigenvalue weighted by molar-refractivity contribution is 6.31. The summed E-state index contributed by atoms with van der Waals surface area (Å²) in [6, 6.07) is 3.02. The van der Waals surface area contributed by atoms with Gasteiger partial charge in [0, 0.05) is 25.0 Å². The van der Waals surface area contributed by atoms with Crippen molar-refractivity contribution in [3.8, 4) is 5.88 Å². The molecule has 124 valence electrons. The highest BCUT2D eigenvalue weighted by Crippen LogP contribution is 2.19. The van der Waals surface area contributed by atoms with Gasteiger partial charge in [-0.15, -0.1) is 0 Å². The van der Waals surface area contributed by atoms with Crippen LogP contribution >= 0.6 is 11.6 Å². The summed E-state index contributed by atoms with van der Waals surface area (Å²) in [7, 11) is 1.85. The highest BCUT2D eigenvalue weighted by atomic mass is 35.5. The van der Waals surface area contributed by atoms with Crippen molar-refractivity contribution >= 4 is 17.6 Å². The molecule has 2 amide bonds. The molecule has 0 saturated carbocycles. The maximum atomic E-state index is 11.9. The lowest BCUT2D eigenvalue weighted by molar-refractivity contribution is 0.233. The molecule has 0 aromatic carbocycles. The number of aryl methyl sites for hydroxylation is 2. The van der Waals surface area contributed by atoms with Crippen LogP contribution in [0.1, 0.15) is 24.2 Å². The molecule has 8 heteroatoms. The molecule has 0 spiro atoms. The average molecular weight is 338 g/mol. The second kappa shape index (κ2) is 7.82. The van der Waals surface area contributed by atoms with Gasteiger partial charge in [-0.3, -0.25) is 4.68 Å². The van der Waals surface area contributed by atoms with Gasteiger partial charge in [0.1, 0.15) is 11.6 Å². The first kappa shape index (κ1) is 17.1. The zero-order chi connectivity index (χ0) is 16.8. The number of nitrogens with one attached hydrogen (secondary N) is 2. The van der Waals surface area contributed by atoms with E-state index in [4.69, 9.17) is 16.3 Å². The van der Waals surface area contributed by atoms with E-state index in [0.717, 1.165) is 11.3 Å². The minimum atomic E-state index is -0.267. The fourth-order valence-corrected chi connectivity index (χ4v) is 2.33. The second-order valence-electron chi connectivity index (χ2n) is 5.10. The largest absolute Gasteiger partial charge is 0.475 e. The first-order chi connectivity index (χ1) is 11.0. The van der Waals surface area contributed by atoms with Crippen molar-refractivity contribution in [1.29, 1.82) is 0 Å². The summed E-state index contributed by atoms with van der Waals surface area (Å²) < 4.78 is 7.13. The maximum absolute atomic E-state index is 11.9. The van der Waals surface area contributed by atoms with Crippen LogP contribution in [0, 0.1) is 6.92 Å². The summed E-state index contributed by atoms with van der Waals surface area (Å²) in [5.41, 5.74) is 1.88. The molecular weight excluding hydrogens is 318 g/mol. The first-order valence-corrected chi connectivity index (χ1v) is 7.63. The Labute approximate surface area is 140 Å². The van der Waals surface area contributed by atoms with E-state index in [2.05, 4.69) is 20.7 Å². The number of pyridine rings is 1. The molecule has 0 aliphatic carbocycles. The van der Waals surface area contributed by atoms with Gasteiger partial charge in [0.15, 0.2) is 0 Å². The molecule has 2 heterocycles. The zero-order valence-corrected chi connectivity index (χ0v) is 14.1. The summed E-state index contributed by atoms with van der Waals surface area (Å²) in [5, 5.41) is 10.3. The molecule has 2 rings (SSSR count). The van der Waals surface area contributed by atoms with Gasteiger partial charge >= 0.3 is 6.03 Å². The normalized spacial score (nSPS) is 11.8. The van der Waals surface area contributed by atoms with E-state index in [1.54, 1.807) is 23.0 Å². The van der Waals surface area contributed by atoms with E-state index < -0.39 is 0 Å². The van der Waals surface area contributed by atoms with Gasteiger partial charge in [-0.1, -0.05) is 11.6 Å². The fourth-order valence-electron chi connectivity index (χ4n) is 2.16. The van der Waals surface area contributed by atoms with Gasteiger partial charge in [-0.2, -0.15) is 5.10 Å². The Morgan fingerprint density at radius 3 is 2.96 bits per heavy atom. The van der Waals surface area contributed by atoms with E-state index in [-0.39, 0.29) is 18.7 Å². The lowest BCUT2D eigenvalue weighted by atomic mass is 10.1. The highest BCUT2D eigenvalue weighted by Gasteiger charge is 2.14. The number of amides is 2. The summed E-state index contributed by atoms with van der Waals surface area (Å²) >= 11 is 5.92. The quantitative estimate of drug-likeness (QED) is 0.792. The van der Waals surface area contributed by atoms with Crippen LogP contribution in [0.3, 0.4) is 0 Å².